The van der Waals surface area contributed by atoms with Gasteiger partial charge in [0.05, 0.1) is 12.2 Å². The molecule has 2 rings (SSSR count). The van der Waals surface area contributed by atoms with Crippen molar-refractivity contribution in [1.29, 1.82) is 0 Å². The predicted molar refractivity (Wildman–Crippen MR) is 80.3 cm³/mol. The van der Waals surface area contributed by atoms with Crippen LogP contribution < -0.4 is 5.73 Å². The molecule has 0 amide bonds. The summed E-state index contributed by atoms with van der Waals surface area (Å²) in [6.07, 6.45) is 11.5. The van der Waals surface area contributed by atoms with E-state index in [9.17, 15) is 0 Å². The first-order valence-electron chi connectivity index (χ1n) is 8.28. The van der Waals surface area contributed by atoms with Gasteiger partial charge in [-0.2, -0.15) is 0 Å². The third-order valence-electron chi connectivity index (χ3n) is 5.07. The zero-order valence-electron chi connectivity index (χ0n) is 12.9. The highest BCUT2D eigenvalue weighted by molar-refractivity contribution is 4.95. The predicted octanol–water partition coefficient (Wildman–Crippen LogP) is 2.93. The zero-order chi connectivity index (χ0) is 13.7. The fraction of sp³-hybridized carbons (Fsp3) is 1.00. The molecule has 2 heterocycles. The van der Waals surface area contributed by atoms with E-state index in [1.807, 2.05) is 0 Å². The Labute approximate surface area is 118 Å². The number of hydrogen-bond acceptors (Lipinski definition) is 3. The first kappa shape index (κ1) is 15.3. The van der Waals surface area contributed by atoms with Gasteiger partial charge in [-0.3, -0.25) is 4.90 Å². The molecular formula is C16H32N2O. The molecule has 0 aromatic heterocycles. The van der Waals surface area contributed by atoms with Gasteiger partial charge in [-0.05, 0) is 26.2 Å². The molecule has 0 radical (unpaired) electrons. The molecule has 19 heavy (non-hydrogen) atoms. The number of likely N-dealkylation sites (tertiary alicyclic amines) is 1. The van der Waals surface area contributed by atoms with Gasteiger partial charge in [-0.15, -0.1) is 0 Å². The van der Waals surface area contributed by atoms with Gasteiger partial charge >= 0.3 is 0 Å². The zero-order valence-corrected chi connectivity index (χ0v) is 12.9. The molecule has 2 bridgehead atoms. The molecule has 112 valence electrons. The van der Waals surface area contributed by atoms with Gasteiger partial charge in [-0.1, -0.05) is 39.0 Å². The molecule has 3 nitrogen and oxygen atoms in total. The topological polar surface area (TPSA) is 38.5 Å². The van der Waals surface area contributed by atoms with Gasteiger partial charge < -0.3 is 10.5 Å². The Morgan fingerprint density at radius 1 is 1.11 bits per heavy atom. The molecule has 3 atom stereocenters. The summed E-state index contributed by atoms with van der Waals surface area (Å²) in [5, 5.41) is 0. The first-order valence-corrected chi connectivity index (χ1v) is 8.28. The standard InChI is InChI=1S/C16H32N2O/c1-3-4-5-6-7-10-16(2,13-17)18-11-14-8-9-15(12-18)19-14/h14-15H,3-13,17H2,1-2H3. The minimum absolute atomic E-state index is 0.191. The second-order valence-electron chi connectivity index (χ2n) is 6.73. The lowest BCUT2D eigenvalue weighted by Gasteiger charge is -2.45. The third-order valence-corrected chi connectivity index (χ3v) is 5.07. The van der Waals surface area contributed by atoms with Crippen molar-refractivity contribution in [2.45, 2.75) is 83.0 Å². The minimum atomic E-state index is 0.191. The van der Waals surface area contributed by atoms with E-state index >= 15 is 0 Å². The van der Waals surface area contributed by atoms with Crippen molar-refractivity contribution < 1.29 is 4.74 Å². The van der Waals surface area contributed by atoms with Crippen molar-refractivity contribution >= 4 is 0 Å². The van der Waals surface area contributed by atoms with E-state index in [0.29, 0.717) is 12.2 Å². The van der Waals surface area contributed by atoms with Gasteiger partial charge in [0, 0.05) is 25.2 Å². The van der Waals surface area contributed by atoms with E-state index < -0.39 is 0 Å². The number of nitrogens with zero attached hydrogens (tertiary/aromatic N) is 1. The second-order valence-corrected chi connectivity index (χ2v) is 6.73. The Morgan fingerprint density at radius 3 is 2.32 bits per heavy atom. The monoisotopic (exact) mass is 268 g/mol. The lowest BCUT2D eigenvalue weighted by Crippen LogP contribution is -2.57. The summed E-state index contributed by atoms with van der Waals surface area (Å²) in [6.45, 7) is 7.60. The van der Waals surface area contributed by atoms with Crippen LogP contribution in [0.4, 0.5) is 0 Å². The van der Waals surface area contributed by atoms with E-state index in [2.05, 4.69) is 18.7 Å². The van der Waals surface area contributed by atoms with E-state index in [1.165, 1.54) is 51.4 Å². The molecule has 0 aromatic rings. The maximum absolute atomic E-state index is 6.11. The Bertz CT molecular complexity index is 259. The number of morpholine rings is 1. The fourth-order valence-corrected chi connectivity index (χ4v) is 3.55. The van der Waals surface area contributed by atoms with Crippen molar-refractivity contribution in [3.05, 3.63) is 0 Å². The molecule has 2 aliphatic rings. The van der Waals surface area contributed by atoms with Crippen LogP contribution >= 0.6 is 0 Å². The summed E-state index contributed by atoms with van der Waals surface area (Å²) in [6, 6.07) is 0. The molecule has 0 aliphatic carbocycles. The normalized spacial score (nSPS) is 30.5. The molecular weight excluding hydrogens is 236 g/mol. The summed E-state index contributed by atoms with van der Waals surface area (Å²) < 4.78 is 5.94. The summed E-state index contributed by atoms with van der Waals surface area (Å²) in [5.74, 6) is 0. The largest absolute Gasteiger partial charge is 0.372 e. The quantitative estimate of drug-likeness (QED) is 0.688. The van der Waals surface area contributed by atoms with Crippen molar-refractivity contribution in [1.82, 2.24) is 4.90 Å². The van der Waals surface area contributed by atoms with Crippen molar-refractivity contribution in [3.63, 3.8) is 0 Å². The van der Waals surface area contributed by atoms with Crippen LogP contribution in [0.1, 0.15) is 65.2 Å². The highest BCUT2D eigenvalue weighted by Gasteiger charge is 2.40. The van der Waals surface area contributed by atoms with Crippen LogP contribution in [0.15, 0.2) is 0 Å². The number of nitrogens with two attached hydrogens (primary N) is 1. The smallest absolute Gasteiger partial charge is 0.0707 e. The van der Waals surface area contributed by atoms with E-state index in [0.717, 1.165) is 19.6 Å². The first-order chi connectivity index (χ1) is 9.18. The molecule has 3 heteroatoms. The maximum Gasteiger partial charge on any atom is 0.0707 e. The van der Waals surface area contributed by atoms with Crippen LogP contribution in [0.3, 0.4) is 0 Å². The Morgan fingerprint density at radius 2 is 1.74 bits per heavy atom. The summed E-state index contributed by atoms with van der Waals surface area (Å²) >= 11 is 0. The molecule has 2 fully saturated rings. The molecule has 0 aromatic carbocycles. The third kappa shape index (κ3) is 3.93. The van der Waals surface area contributed by atoms with E-state index in [4.69, 9.17) is 10.5 Å². The molecule has 0 saturated carbocycles. The van der Waals surface area contributed by atoms with Crippen LogP contribution in [-0.4, -0.2) is 42.3 Å². The van der Waals surface area contributed by atoms with E-state index in [-0.39, 0.29) is 5.54 Å². The van der Waals surface area contributed by atoms with Crippen LogP contribution in [0.5, 0.6) is 0 Å². The van der Waals surface area contributed by atoms with Crippen LogP contribution in [-0.2, 0) is 4.74 Å². The van der Waals surface area contributed by atoms with E-state index in [1.54, 1.807) is 0 Å². The molecule has 2 saturated heterocycles. The van der Waals surface area contributed by atoms with Gasteiger partial charge in [0.25, 0.3) is 0 Å². The average Bonchev–Trinajstić information content (AvgIpc) is 2.76. The number of rotatable bonds is 8. The number of hydrogen-bond donors (Lipinski definition) is 1. The van der Waals surface area contributed by atoms with Gasteiger partial charge in [0.15, 0.2) is 0 Å². The van der Waals surface area contributed by atoms with Crippen LogP contribution in [0.2, 0.25) is 0 Å². The minimum Gasteiger partial charge on any atom is -0.372 e. The molecule has 0 spiro atoms. The number of fused-ring (bicyclic) bond motifs is 2. The highest BCUT2D eigenvalue weighted by Crippen LogP contribution is 2.32. The van der Waals surface area contributed by atoms with Crippen molar-refractivity contribution in [2.24, 2.45) is 5.73 Å². The van der Waals surface area contributed by atoms with Gasteiger partial charge in [0.2, 0.25) is 0 Å². The molecule has 2 aliphatic heterocycles. The molecule has 2 N–H and O–H groups in total. The SMILES string of the molecule is CCCCCCCC(C)(CN)N1CC2CCC(C1)O2. The lowest BCUT2D eigenvalue weighted by atomic mass is 9.91. The fourth-order valence-electron chi connectivity index (χ4n) is 3.55. The summed E-state index contributed by atoms with van der Waals surface area (Å²) in [5.41, 5.74) is 6.30. The number of ether oxygens (including phenoxy) is 1. The van der Waals surface area contributed by atoms with Crippen molar-refractivity contribution in [3.8, 4) is 0 Å². The summed E-state index contributed by atoms with van der Waals surface area (Å²) in [4.78, 5) is 2.62. The Balaban J connectivity index is 1.79. The van der Waals surface area contributed by atoms with Gasteiger partial charge in [0.1, 0.15) is 0 Å². The second kappa shape index (κ2) is 7.05. The Hall–Kier alpha value is -0.120. The molecule has 3 unspecified atom stereocenters. The maximum atomic E-state index is 6.11. The Kier molecular flexibility index (Phi) is 5.67. The average molecular weight is 268 g/mol. The summed E-state index contributed by atoms with van der Waals surface area (Å²) in [7, 11) is 0. The van der Waals surface area contributed by atoms with Crippen LogP contribution in [0, 0.1) is 0 Å². The van der Waals surface area contributed by atoms with Crippen LogP contribution in [0.25, 0.3) is 0 Å². The highest BCUT2D eigenvalue weighted by atomic mass is 16.5. The van der Waals surface area contributed by atoms with Gasteiger partial charge in [-0.25, -0.2) is 0 Å². The lowest BCUT2D eigenvalue weighted by molar-refractivity contribution is -0.0749. The number of unbranched alkanes of at least 4 members (excludes halogenated alkanes) is 4. The van der Waals surface area contributed by atoms with Crippen molar-refractivity contribution in [2.75, 3.05) is 19.6 Å².